The number of aromatic amines is 1. The molecule has 4 N–H and O–H groups in total. The SMILES string of the molecule is NC(=O)C1CCN(CCCNC(=O)c2cn[nH]c2)CC1. The Morgan fingerprint density at radius 2 is 2.20 bits per heavy atom. The lowest BCUT2D eigenvalue weighted by molar-refractivity contribution is -0.123. The largest absolute Gasteiger partial charge is 0.369 e. The van der Waals surface area contributed by atoms with Crippen molar-refractivity contribution in [2.24, 2.45) is 11.7 Å². The number of carbonyl (C=O) groups is 2. The summed E-state index contributed by atoms with van der Waals surface area (Å²) in [5.74, 6) is -0.254. The van der Waals surface area contributed by atoms with Crippen molar-refractivity contribution in [1.29, 1.82) is 0 Å². The average Bonchev–Trinajstić information content (AvgIpc) is 2.98. The van der Waals surface area contributed by atoms with Crippen LogP contribution in [0.2, 0.25) is 0 Å². The highest BCUT2D eigenvalue weighted by Gasteiger charge is 2.22. The summed E-state index contributed by atoms with van der Waals surface area (Å²) in [6, 6.07) is 0. The van der Waals surface area contributed by atoms with Crippen LogP contribution in [0.1, 0.15) is 29.6 Å². The number of H-pyrrole nitrogens is 1. The zero-order valence-corrected chi connectivity index (χ0v) is 11.5. The van der Waals surface area contributed by atoms with E-state index in [1.165, 1.54) is 6.20 Å². The molecule has 7 heteroatoms. The molecule has 1 fully saturated rings. The molecule has 0 aromatic carbocycles. The summed E-state index contributed by atoms with van der Waals surface area (Å²) in [4.78, 5) is 25.0. The minimum atomic E-state index is -0.183. The minimum absolute atomic E-state index is 0.0343. The van der Waals surface area contributed by atoms with Crippen LogP contribution in [0.4, 0.5) is 0 Å². The lowest BCUT2D eigenvalue weighted by Gasteiger charge is -2.30. The molecule has 0 saturated carbocycles. The molecule has 110 valence electrons. The van der Waals surface area contributed by atoms with Gasteiger partial charge in [0.1, 0.15) is 0 Å². The number of carbonyl (C=O) groups excluding carboxylic acids is 2. The number of hydrogen-bond acceptors (Lipinski definition) is 4. The Kier molecular flexibility index (Phi) is 5.11. The number of rotatable bonds is 6. The maximum atomic E-state index is 11.6. The Morgan fingerprint density at radius 3 is 2.80 bits per heavy atom. The van der Waals surface area contributed by atoms with E-state index in [0.29, 0.717) is 12.1 Å². The van der Waals surface area contributed by atoms with Gasteiger partial charge in [0.25, 0.3) is 5.91 Å². The Bertz CT molecular complexity index is 438. The third kappa shape index (κ3) is 4.06. The van der Waals surface area contributed by atoms with Gasteiger partial charge < -0.3 is 16.0 Å². The zero-order valence-electron chi connectivity index (χ0n) is 11.5. The number of likely N-dealkylation sites (tertiary alicyclic amines) is 1. The van der Waals surface area contributed by atoms with E-state index < -0.39 is 0 Å². The van der Waals surface area contributed by atoms with Gasteiger partial charge in [-0.05, 0) is 38.9 Å². The summed E-state index contributed by atoms with van der Waals surface area (Å²) < 4.78 is 0. The number of nitrogens with one attached hydrogen (secondary N) is 2. The summed E-state index contributed by atoms with van der Waals surface area (Å²) in [6.07, 6.45) is 5.66. The van der Waals surface area contributed by atoms with Gasteiger partial charge in [0.15, 0.2) is 0 Å². The highest BCUT2D eigenvalue weighted by Crippen LogP contribution is 2.16. The van der Waals surface area contributed by atoms with E-state index >= 15 is 0 Å². The molecule has 0 radical (unpaired) electrons. The van der Waals surface area contributed by atoms with Crippen molar-refractivity contribution >= 4 is 11.8 Å². The molecule has 1 saturated heterocycles. The van der Waals surface area contributed by atoms with Crippen molar-refractivity contribution in [2.45, 2.75) is 19.3 Å². The van der Waals surface area contributed by atoms with Gasteiger partial charge in [-0.25, -0.2) is 0 Å². The molecule has 20 heavy (non-hydrogen) atoms. The van der Waals surface area contributed by atoms with Crippen molar-refractivity contribution in [1.82, 2.24) is 20.4 Å². The van der Waals surface area contributed by atoms with E-state index in [1.807, 2.05) is 0 Å². The van der Waals surface area contributed by atoms with Gasteiger partial charge >= 0.3 is 0 Å². The average molecular weight is 279 g/mol. The third-order valence-corrected chi connectivity index (χ3v) is 3.69. The molecule has 0 spiro atoms. The molecular formula is C13H21N5O2. The number of primary amides is 1. The van der Waals surface area contributed by atoms with Crippen LogP contribution in [0, 0.1) is 5.92 Å². The zero-order chi connectivity index (χ0) is 14.4. The molecule has 2 heterocycles. The standard InChI is InChI=1S/C13H21N5O2/c14-12(19)10-2-6-18(7-3-10)5-1-4-15-13(20)11-8-16-17-9-11/h8-10H,1-7H2,(H2,14,19)(H,15,20)(H,16,17). The molecule has 0 bridgehead atoms. The van der Waals surface area contributed by atoms with E-state index in [-0.39, 0.29) is 17.7 Å². The second-order valence-corrected chi connectivity index (χ2v) is 5.11. The second-order valence-electron chi connectivity index (χ2n) is 5.11. The first-order chi connectivity index (χ1) is 9.66. The highest BCUT2D eigenvalue weighted by molar-refractivity contribution is 5.93. The van der Waals surface area contributed by atoms with Crippen molar-refractivity contribution in [3.63, 3.8) is 0 Å². The molecule has 2 rings (SSSR count). The molecule has 0 unspecified atom stereocenters. The molecule has 1 aliphatic rings. The number of piperidine rings is 1. The van der Waals surface area contributed by atoms with E-state index in [2.05, 4.69) is 20.4 Å². The maximum absolute atomic E-state index is 11.6. The van der Waals surface area contributed by atoms with Crippen molar-refractivity contribution in [3.8, 4) is 0 Å². The van der Waals surface area contributed by atoms with Gasteiger partial charge in [-0.1, -0.05) is 0 Å². The number of nitrogens with two attached hydrogens (primary N) is 1. The first-order valence-electron chi connectivity index (χ1n) is 6.95. The summed E-state index contributed by atoms with van der Waals surface area (Å²) in [5, 5.41) is 9.20. The Balaban J connectivity index is 1.58. The maximum Gasteiger partial charge on any atom is 0.254 e. The summed E-state index contributed by atoms with van der Waals surface area (Å²) in [5.41, 5.74) is 5.85. The van der Waals surface area contributed by atoms with Crippen molar-refractivity contribution in [3.05, 3.63) is 18.0 Å². The number of nitrogens with zero attached hydrogens (tertiary/aromatic N) is 2. The summed E-state index contributed by atoms with van der Waals surface area (Å²) >= 11 is 0. The Morgan fingerprint density at radius 1 is 1.45 bits per heavy atom. The smallest absolute Gasteiger partial charge is 0.254 e. The second kappa shape index (κ2) is 7.04. The van der Waals surface area contributed by atoms with Crippen LogP contribution in [0.5, 0.6) is 0 Å². The van der Waals surface area contributed by atoms with Gasteiger partial charge in [-0.15, -0.1) is 0 Å². The summed E-state index contributed by atoms with van der Waals surface area (Å²) in [7, 11) is 0. The number of hydrogen-bond donors (Lipinski definition) is 3. The number of amides is 2. The van der Waals surface area contributed by atoms with Crippen LogP contribution < -0.4 is 11.1 Å². The monoisotopic (exact) mass is 279 g/mol. The molecule has 0 aliphatic carbocycles. The van der Waals surface area contributed by atoms with Gasteiger partial charge in [0.2, 0.25) is 5.91 Å². The van der Waals surface area contributed by atoms with Gasteiger partial charge in [-0.3, -0.25) is 14.7 Å². The van der Waals surface area contributed by atoms with Gasteiger partial charge in [0, 0.05) is 18.7 Å². The van der Waals surface area contributed by atoms with Crippen LogP contribution in [-0.4, -0.2) is 53.1 Å². The predicted octanol–water partition coefficient (Wildman–Crippen LogP) is -0.273. The van der Waals surface area contributed by atoms with Crippen LogP contribution in [0.3, 0.4) is 0 Å². The molecule has 2 amide bonds. The Labute approximate surface area is 117 Å². The lowest BCUT2D eigenvalue weighted by atomic mass is 9.96. The van der Waals surface area contributed by atoms with Gasteiger partial charge in [0.05, 0.1) is 11.8 Å². The van der Waals surface area contributed by atoms with E-state index in [1.54, 1.807) is 6.20 Å². The van der Waals surface area contributed by atoms with Gasteiger partial charge in [-0.2, -0.15) is 5.10 Å². The fraction of sp³-hybridized carbons (Fsp3) is 0.615. The van der Waals surface area contributed by atoms with E-state index in [9.17, 15) is 9.59 Å². The number of aromatic nitrogens is 2. The molecular weight excluding hydrogens is 258 g/mol. The van der Waals surface area contributed by atoms with E-state index in [0.717, 1.165) is 38.9 Å². The van der Waals surface area contributed by atoms with Crippen LogP contribution in [-0.2, 0) is 4.79 Å². The molecule has 7 nitrogen and oxygen atoms in total. The third-order valence-electron chi connectivity index (χ3n) is 3.69. The van der Waals surface area contributed by atoms with Crippen molar-refractivity contribution in [2.75, 3.05) is 26.2 Å². The lowest BCUT2D eigenvalue weighted by Crippen LogP contribution is -2.39. The quantitative estimate of drug-likeness (QED) is 0.623. The van der Waals surface area contributed by atoms with Crippen LogP contribution in [0.15, 0.2) is 12.4 Å². The first-order valence-corrected chi connectivity index (χ1v) is 6.95. The fourth-order valence-electron chi connectivity index (χ4n) is 2.42. The molecule has 1 aliphatic heterocycles. The van der Waals surface area contributed by atoms with E-state index in [4.69, 9.17) is 5.73 Å². The minimum Gasteiger partial charge on any atom is -0.369 e. The molecule has 0 atom stereocenters. The van der Waals surface area contributed by atoms with Crippen LogP contribution >= 0.6 is 0 Å². The predicted molar refractivity (Wildman–Crippen MR) is 73.9 cm³/mol. The van der Waals surface area contributed by atoms with Crippen LogP contribution in [0.25, 0.3) is 0 Å². The molecule has 1 aromatic rings. The fourth-order valence-corrected chi connectivity index (χ4v) is 2.42. The first kappa shape index (κ1) is 14.5. The summed E-state index contributed by atoms with van der Waals surface area (Å²) in [6.45, 7) is 3.38. The van der Waals surface area contributed by atoms with Crippen molar-refractivity contribution < 1.29 is 9.59 Å². The topological polar surface area (TPSA) is 104 Å². The normalized spacial score (nSPS) is 17.0. The highest BCUT2D eigenvalue weighted by atomic mass is 16.2. The Hall–Kier alpha value is -1.89. The molecule has 1 aromatic heterocycles.